The summed E-state index contributed by atoms with van der Waals surface area (Å²) in [6.07, 6.45) is 0. The maximum atomic E-state index is 13.9. The second kappa shape index (κ2) is 6.30. The van der Waals surface area contributed by atoms with Crippen LogP contribution in [0.4, 0.5) is 8.78 Å². The standard InChI is InChI=1S/C14H13BrF2N2O/c1-20-13-6-8(15)2-4-11(13)14(19-18)10-5-3-9(16)7-12(10)17/h2-7,14,19H,18H2,1H3. The zero-order valence-corrected chi connectivity index (χ0v) is 12.2. The van der Waals surface area contributed by atoms with Crippen molar-refractivity contribution in [3.63, 3.8) is 0 Å². The van der Waals surface area contributed by atoms with Crippen molar-refractivity contribution in [1.29, 1.82) is 0 Å². The van der Waals surface area contributed by atoms with Crippen molar-refractivity contribution in [2.45, 2.75) is 6.04 Å². The molecular weight excluding hydrogens is 330 g/mol. The molecule has 1 atom stereocenters. The van der Waals surface area contributed by atoms with Gasteiger partial charge < -0.3 is 4.74 Å². The highest BCUT2D eigenvalue weighted by molar-refractivity contribution is 9.10. The van der Waals surface area contributed by atoms with Gasteiger partial charge in [-0.3, -0.25) is 5.84 Å². The minimum Gasteiger partial charge on any atom is -0.496 e. The second-order valence-electron chi connectivity index (χ2n) is 4.15. The molecule has 0 heterocycles. The third-order valence-corrected chi connectivity index (χ3v) is 3.44. The molecule has 106 valence electrons. The van der Waals surface area contributed by atoms with Crippen molar-refractivity contribution in [3.05, 3.63) is 63.6 Å². The molecule has 20 heavy (non-hydrogen) atoms. The van der Waals surface area contributed by atoms with Crippen molar-refractivity contribution in [2.24, 2.45) is 5.84 Å². The zero-order chi connectivity index (χ0) is 14.7. The van der Waals surface area contributed by atoms with Crippen LogP contribution in [0.5, 0.6) is 5.75 Å². The quantitative estimate of drug-likeness (QED) is 0.662. The minimum atomic E-state index is -0.669. The molecule has 6 heteroatoms. The summed E-state index contributed by atoms with van der Waals surface area (Å²) >= 11 is 3.33. The van der Waals surface area contributed by atoms with Gasteiger partial charge in [-0.1, -0.05) is 28.1 Å². The molecule has 3 N–H and O–H groups in total. The van der Waals surface area contributed by atoms with Crippen LogP contribution in [-0.2, 0) is 0 Å². The number of benzene rings is 2. The van der Waals surface area contributed by atoms with Gasteiger partial charge >= 0.3 is 0 Å². The first kappa shape index (κ1) is 14.9. The van der Waals surface area contributed by atoms with Crippen LogP contribution in [0.25, 0.3) is 0 Å². The topological polar surface area (TPSA) is 47.3 Å². The number of methoxy groups -OCH3 is 1. The average Bonchev–Trinajstić information content (AvgIpc) is 2.43. The Kier molecular flexibility index (Phi) is 4.69. The summed E-state index contributed by atoms with van der Waals surface area (Å²) in [5.74, 6) is 4.77. The number of hydrogen-bond acceptors (Lipinski definition) is 3. The molecule has 0 aliphatic carbocycles. The lowest BCUT2D eigenvalue weighted by Crippen LogP contribution is -2.30. The first-order chi connectivity index (χ1) is 9.56. The number of hydrazine groups is 1. The number of hydrogen-bond donors (Lipinski definition) is 2. The molecule has 2 aromatic carbocycles. The van der Waals surface area contributed by atoms with E-state index in [-0.39, 0.29) is 5.56 Å². The van der Waals surface area contributed by atoms with Crippen molar-refractivity contribution in [2.75, 3.05) is 7.11 Å². The lowest BCUT2D eigenvalue weighted by atomic mass is 9.98. The van der Waals surface area contributed by atoms with Crippen molar-refractivity contribution < 1.29 is 13.5 Å². The number of ether oxygens (including phenoxy) is 1. The Hall–Kier alpha value is -1.50. The molecule has 3 nitrogen and oxygen atoms in total. The van der Waals surface area contributed by atoms with Gasteiger partial charge in [-0.2, -0.15) is 0 Å². The van der Waals surface area contributed by atoms with Gasteiger partial charge in [-0.15, -0.1) is 0 Å². The first-order valence-electron chi connectivity index (χ1n) is 5.81. The lowest BCUT2D eigenvalue weighted by Gasteiger charge is -2.20. The normalized spacial score (nSPS) is 12.2. The summed E-state index contributed by atoms with van der Waals surface area (Å²) < 4.78 is 33.0. The minimum absolute atomic E-state index is 0.245. The summed E-state index contributed by atoms with van der Waals surface area (Å²) in [5.41, 5.74) is 3.43. The fourth-order valence-corrected chi connectivity index (χ4v) is 2.35. The van der Waals surface area contributed by atoms with Gasteiger partial charge in [0.2, 0.25) is 0 Å². The van der Waals surface area contributed by atoms with E-state index in [4.69, 9.17) is 10.6 Å². The smallest absolute Gasteiger partial charge is 0.131 e. The third kappa shape index (κ3) is 2.98. The molecule has 0 fully saturated rings. The predicted molar refractivity (Wildman–Crippen MR) is 76.2 cm³/mol. The largest absolute Gasteiger partial charge is 0.496 e. The van der Waals surface area contributed by atoms with Crippen LogP contribution >= 0.6 is 15.9 Å². The van der Waals surface area contributed by atoms with Crippen LogP contribution in [0.2, 0.25) is 0 Å². The van der Waals surface area contributed by atoms with E-state index in [0.717, 1.165) is 10.5 Å². The average molecular weight is 343 g/mol. The molecule has 1 unspecified atom stereocenters. The second-order valence-corrected chi connectivity index (χ2v) is 5.07. The number of halogens is 3. The molecule has 2 rings (SSSR count). The van der Waals surface area contributed by atoms with E-state index in [1.165, 1.54) is 19.2 Å². The molecule has 0 spiro atoms. The Labute approximate surface area is 123 Å². The van der Waals surface area contributed by atoms with Gasteiger partial charge in [0.25, 0.3) is 0 Å². The Morgan fingerprint density at radius 2 is 1.85 bits per heavy atom. The van der Waals surface area contributed by atoms with Crippen molar-refractivity contribution >= 4 is 15.9 Å². The van der Waals surface area contributed by atoms with E-state index in [1.807, 2.05) is 0 Å². The lowest BCUT2D eigenvalue weighted by molar-refractivity contribution is 0.403. The van der Waals surface area contributed by atoms with E-state index >= 15 is 0 Å². The highest BCUT2D eigenvalue weighted by Gasteiger charge is 2.20. The maximum absolute atomic E-state index is 13.9. The maximum Gasteiger partial charge on any atom is 0.131 e. The molecule has 0 amide bonds. The number of nitrogens with two attached hydrogens (primary N) is 1. The van der Waals surface area contributed by atoms with E-state index < -0.39 is 17.7 Å². The molecule has 0 radical (unpaired) electrons. The monoisotopic (exact) mass is 342 g/mol. The summed E-state index contributed by atoms with van der Waals surface area (Å²) in [5, 5.41) is 0. The summed E-state index contributed by atoms with van der Waals surface area (Å²) in [6, 6.07) is 8.04. The highest BCUT2D eigenvalue weighted by atomic mass is 79.9. The Morgan fingerprint density at radius 3 is 2.45 bits per heavy atom. The van der Waals surface area contributed by atoms with Gasteiger partial charge in [0, 0.05) is 21.7 Å². The highest BCUT2D eigenvalue weighted by Crippen LogP contribution is 2.33. The van der Waals surface area contributed by atoms with E-state index in [1.54, 1.807) is 18.2 Å². The van der Waals surface area contributed by atoms with E-state index in [0.29, 0.717) is 11.3 Å². The summed E-state index contributed by atoms with van der Waals surface area (Å²) in [6.45, 7) is 0. The van der Waals surface area contributed by atoms with Gasteiger partial charge in [-0.05, 0) is 18.2 Å². The SMILES string of the molecule is COc1cc(Br)ccc1C(NN)c1ccc(F)cc1F. The van der Waals surface area contributed by atoms with Crippen LogP contribution in [0.3, 0.4) is 0 Å². The predicted octanol–water partition coefficient (Wildman–Crippen LogP) is 3.29. The van der Waals surface area contributed by atoms with Crippen LogP contribution in [0.15, 0.2) is 40.9 Å². The van der Waals surface area contributed by atoms with Crippen molar-refractivity contribution in [1.82, 2.24) is 5.43 Å². The van der Waals surface area contributed by atoms with Crippen LogP contribution in [-0.4, -0.2) is 7.11 Å². The molecular formula is C14H13BrF2N2O. The van der Waals surface area contributed by atoms with Crippen LogP contribution < -0.4 is 16.0 Å². The molecule has 0 aliphatic heterocycles. The van der Waals surface area contributed by atoms with E-state index in [9.17, 15) is 8.78 Å². The van der Waals surface area contributed by atoms with Gasteiger partial charge in [0.05, 0.1) is 13.2 Å². The number of nitrogens with one attached hydrogen (secondary N) is 1. The molecule has 0 aliphatic rings. The third-order valence-electron chi connectivity index (χ3n) is 2.95. The van der Waals surface area contributed by atoms with Crippen molar-refractivity contribution in [3.8, 4) is 5.75 Å². The van der Waals surface area contributed by atoms with Crippen LogP contribution in [0, 0.1) is 11.6 Å². The Balaban J connectivity index is 2.52. The Bertz CT molecular complexity index is 622. The summed E-state index contributed by atoms with van der Waals surface area (Å²) in [7, 11) is 1.51. The molecule has 2 aromatic rings. The van der Waals surface area contributed by atoms with Gasteiger partial charge in [0.15, 0.2) is 0 Å². The van der Waals surface area contributed by atoms with Gasteiger partial charge in [0.1, 0.15) is 17.4 Å². The zero-order valence-electron chi connectivity index (χ0n) is 10.7. The fourth-order valence-electron chi connectivity index (χ4n) is 2.01. The molecule has 0 bridgehead atoms. The van der Waals surface area contributed by atoms with E-state index in [2.05, 4.69) is 21.4 Å². The molecule has 0 saturated carbocycles. The Morgan fingerprint density at radius 1 is 1.15 bits per heavy atom. The molecule has 0 saturated heterocycles. The fraction of sp³-hybridized carbons (Fsp3) is 0.143. The first-order valence-corrected chi connectivity index (χ1v) is 6.60. The number of rotatable bonds is 4. The summed E-state index contributed by atoms with van der Waals surface area (Å²) in [4.78, 5) is 0. The molecule has 0 aromatic heterocycles. The van der Waals surface area contributed by atoms with Gasteiger partial charge in [-0.25, -0.2) is 14.2 Å². The van der Waals surface area contributed by atoms with Crippen LogP contribution in [0.1, 0.15) is 17.2 Å².